The van der Waals surface area contributed by atoms with Crippen LogP contribution in [-0.4, -0.2) is 22.4 Å². The van der Waals surface area contributed by atoms with Gasteiger partial charge in [-0.05, 0) is 24.6 Å². The highest BCUT2D eigenvalue weighted by molar-refractivity contribution is 7.11. The van der Waals surface area contributed by atoms with Crippen molar-refractivity contribution in [3.05, 3.63) is 76.0 Å². The van der Waals surface area contributed by atoms with Crippen LogP contribution in [0.15, 0.2) is 54.9 Å². The molecule has 3 rings (SSSR count). The van der Waals surface area contributed by atoms with Gasteiger partial charge in [0.05, 0.1) is 5.01 Å². The van der Waals surface area contributed by atoms with E-state index in [0.29, 0.717) is 12.2 Å². The molecule has 0 aliphatic carbocycles. The maximum absolute atomic E-state index is 12.3. The lowest BCUT2D eigenvalue weighted by atomic mass is 10.2. The van der Waals surface area contributed by atoms with E-state index in [1.165, 1.54) is 4.88 Å². The van der Waals surface area contributed by atoms with Gasteiger partial charge in [0.1, 0.15) is 5.69 Å². The van der Waals surface area contributed by atoms with E-state index in [0.717, 1.165) is 29.2 Å². The number of anilines is 1. The summed E-state index contributed by atoms with van der Waals surface area (Å²) >= 11 is 1.71. The number of nitrogens with one attached hydrogen (secondary N) is 2. The zero-order valence-corrected chi connectivity index (χ0v) is 14.8. The fourth-order valence-corrected chi connectivity index (χ4v) is 3.15. The first-order chi connectivity index (χ1) is 12.2. The van der Waals surface area contributed by atoms with Gasteiger partial charge < -0.3 is 10.6 Å². The zero-order valence-electron chi connectivity index (χ0n) is 14.0. The summed E-state index contributed by atoms with van der Waals surface area (Å²) in [7, 11) is 0. The number of pyridine rings is 1. The highest BCUT2D eigenvalue weighted by Gasteiger charge is 2.08. The van der Waals surface area contributed by atoms with Gasteiger partial charge in [-0.3, -0.25) is 9.78 Å². The molecule has 0 saturated carbocycles. The van der Waals surface area contributed by atoms with Gasteiger partial charge in [0.25, 0.3) is 5.91 Å². The average Bonchev–Trinajstić information content (AvgIpc) is 3.06. The Kier molecular flexibility index (Phi) is 5.74. The Hall–Kier alpha value is -2.73. The molecule has 25 heavy (non-hydrogen) atoms. The predicted octanol–water partition coefficient (Wildman–Crippen LogP) is 3.43. The van der Waals surface area contributed by atoms with Crippen LogP contribution in [0.25, 0.3) is 0 Å². The number of hydrogen-bond donors (Lipinski definition) is 2. The number of aromatic nitrogens is 2. The molecule has 0 aliphatic heterocycles. The van der Waals surface area contributed by atoms with Crippen LogP contribution in [0.1, 0.15) is 25.9 Å². The summed E-state index contributed by atoms with van der Waals surface area (Å²) in [4.78, 5) is 22.0. The normalized spacial score (nSPS) is 10.4. The third-order valence-electron chi connectivity index (χ3n) is 3.63. The number of carbonyl (C=O) groups excluding carboxylic acids is 1. The maximum Gasteiger partial charge on any atom is 0.270 e. The van der Waals surface area contributed by atoms with E-state index in [2.05, 4.69) is 27.5 Å². The van der Waals surface area contributed by atoms with Crippen LogP contribution in [0.5, 0.6) is 0 Å². The summed E-state index contributed by atoms with van der Waals surface area (Å²) in [5, 5.41) is 7.32. The fourth-order valence-electron chi connectivity index (χ4n) is 2.36. The largest absolute Gasteiger partial charge is 0.385 e. The average molecular weight is 352 g/mol. The van der Waals surface area contributed by atoms with Crippen molar-refractivity contribution >= 4 is 22.9 Å². The van der Waals surface area contributed by atoms with E-state index in [9.17, 15) is 4.79 Å². The molecule has 2 heterocycles. The first-order valence-corrected chi connectivity index (χ1v) is 8.96. The molecule has 0 saturated heterocycles. The molecule has 0 bridgehead atoms. The molecule has 0 aliphatic rings. The summed E-state index contributed by atoms with van der Waals surface area (Å²) in [6, 6.07) is 13.4. The molecule has 5 nitrogen and oxygen atoms in total. The summed E-state index contributed by atoms with van der Waals surface area (Å²) in [6.07, 6.45) is 4.39. The molecule has 0 fully saturated rings. The van der Waals surface area contributed by atoms with Gasteiger partial charge in [0.2, 0.25) is 0 Å². The van der Waals surface area contributed by atoms with Crippen LogP contribution in [-0.2, 0) is 13.0 Å². The van der Waals surface area contributed by atoms with Crippen LogP contribution >= 0.6 is 11.3 Å². The minimum atomic E-state index is -0.178. The van der Waals surface area contributed by atoms with E-state index >= 15 is 0 Å². The van der Waals surface area contributed by atoms with Gasteiger partial charge in [0, 0.05) is 42.5 Å². The van der Waals surface area contributed by atoms with E-state index in [1.807, 2.05) is 42.6 Å². The van der Waals surface area contributed by atoms with Gasteiger partial charge in [0.15, 0.2) is 0 Å². The van der Waals surface area contributed by atoms with Crippen molar-refractivity contribution in [1.29, 1.82) is 0 Å². The van der Waals surface area contributed by atoms with Crippen molar-refractivity contribution < 1.29 is 4.79 Å². The minimum absolute atomic E-state index is 0.178. The smallest absolute Gasteiger partial charge is 0.270 e. The Bertz CT molecular complexity index is 832. The summed E-state index contributed by atoms with van der Waals surface area (Å²) in [5.41, 5.74) is 2.35. The topological polar surface area (TPSA) is 66.9 Å². The number of carbonyl (C=O) groups is 1. The van der Waals surface area contributed by atoms with Gasteiger partial charge in [-0.1, -0.05) is 30.3 Å². The second-order valence-electron chi connectivity index (χ2n) is 5.64. The van der Waals surface area contributed by atoms with Crippen molar-refractivity contribution in [2.45, 2.75) is 19.9 Å². The Labute approximate surface area is 151 Å². The molecule has 0 spiro atoms. The number of benzene rings is 1. The van der Waals surface area contributed by atoms with Gasteiger partial charge in [-0.25, -0.2) is 4.98 Å². The number of amides is 1. The van der Waals surface area contributed by atoms with Crippen molar-refractivity contribution in [1.82, 2.24) is 15.3 Å². The van der Waals surface area contributed by atoms with Crippen LogP contribution in [0.4, 0.5) is 5.69 Å². The van der Waals surface area contributed by atoms with Crippen LogP contribution < -0.4 is 10.6 Å². The molecule has 0 radical (unpaired) electrons. The number of aryl methyl sites for hydroxylation is 1. The maximum atomic E-state index is 12.3. The molecule has 6 heteroatoms. The third-order valence-corrected chi connectivity index (χ3v) is 4.60. The molecule has 128 valence electrons. The van der Waals surface area contributed by atoms with E-state index in [1.54, 1.807) is 23.6 Å². The quantitative estimate of drug-likeness (QED) is 0.684. The van der Waals surface area contributed by atoms with Crippen molar-refractivity contribution in [2.24, 2.45) is 0 Å². The van der Waals surface area contributed by atoms with Gasteiger partial charge in [-0.2, -0.15) is 0 Å². The molecule has 3 aromatic rings. The Morgan fingerprint density at radius 1 is 1.16 bits per heavy atom. The standard InChI is InChI=1S/C19H20N4OS/c1-14-12-22-18(25-14)8-10-20-16-7-9-21-17(11-16)19(24)23-13-15-5-3-2-4-6-15/h2-7,9,11-12H,8,10,13H2,1H3,(H,20,21)(H,23,24). The molecular formula is C19H20N4OS. The zero-order chi connectivity index (χ0) is 17.5. The van der Waals surface area contributed by atoms with Gasteiger partial charge in [-0.15, -0.1) is 11.3 Å². The Balaban J connectivity index is 1.52. The van der Waals surface area contributed by atoms with Crippen molar-refractivity contribution in [2.75, 3.05) is 11.9 Å². The van der Waals surface area contributed by atoms with Crippen LogP contribution in [0, 0.1) is 6.92 Å². The van der Waals surface area contributed by atoms with E-state index < -0.39 is 0 Å². The van der Waals surface area contributed by atoms with E-state index in [-0.39, 0.29) is 5.91 Å². The second-order valence-corrected chi connectivity index (χ2v) is 6.96. The number of thiazole rings is 1. The lowest BCUT2D eigenvalue weighted by Crippen LogP contribution is -2.23. The summed E-state index contributed by atoms with van der Waals surface area (Å²) in [6.45, 7) is 3.31. The number of rotatable bonds is 7. The first kappa shape index (κ1) is 17.1. The molecular weight excluding hydrogens is 332 g/mol. The molecule has 2 N–H and O–H groups in total. The number of nitrogens with zero attached hydrogens (tertiary/aromatic N) is 2. The van der Waals surface area contributed by atoms with Crippen LogP contribution in [0.2, 0.25) is 0 Å². The summed E-state index contributed by atoms with van der Waals surface area (Å²) in [5.74, 6) is -0.178. The molecule has 1 aromatic carbocycles. The summed E-state index contributed by atoms with van der Waals surface area (Å²) < 4.78 is 0. The third kappa shape index (κ3) is 5.12. The molecule has 2 aromatic heterocycles. The SMILES string of the molecule is Cc1cnc(CCNc2ccnc(C(=O)NCc3ccccc3)c2)s1. The minimum Gasteiger partial charge on any atom is -0.385 e. The molecule has 0 unspecified atom stereocenters. The Morgan fingerprint density at radius 2 is 2.00 bits per heavy atom. The lowest BCUT2D eigenvalue weighted by Gasteiger charge is -2.08. The van der Waals surface area contributed by atoms with Crippen LogP contribution in [0.3, 0.4) is 0 Å². The monoisotopic (exact) mass is 352 g/mol. The lowest BCUT2D eigenvalue weighted by molar-refractivity contribution is 0.0946. The highest BCUT2D eigenvalue weighted by Crippen LogP contribution is 2.13. The first-order valence-electron chi connectivity index (χ1n) is 8.14. The predicted molar refractivity (Wildman–Crippen MR) is 101 cm³/mol. The number of hydrogen-bond acceptors (Lipinski definition) is 5. The van der Waals surface area contributed by atoms with Crippen molar-refractivity contribution in [3.63, 3.8) is 0 Å². The van der Waals surface area contributed by atoms with E-state index in [4.69, 9.17) is 0 Å². The molecule has 0 atom stereocenters. The van der Waals surface area contributed by atoms with Crippen molar-refractivity contribution in [3.8, 4) is 0 Å². The molecule has 1 amide bonds. The second kappa shape index (κ2) is 8.39. The van der Waals surface area contributed by atoms with Gasteiger partial charge >= 0.3 is 0 Å². The Morgan fingerprint density at radius 3 is 2.76 bits per heavy atom. The fraction of sp³-hybridized carbons (Fsp3) is 0.211. The highest BCUT2D eigenvalue weighted by atomic mass is 32.1.